The van der Waals surface area contributed by atoms with Gasteiger partial charge in [-0.15, -0.1) is 0 Å². The zero-order valence-corrected chi connectivity index (χ0v) is 13.4. The summed E-state index contributed by atoms with van der Waals surface area (Å²) < 4.78 is 15.7. The average Bonchev–Trinajstić information content (AvgIpc) is 3.14. The minimum absolute atomic E-state index is 0.0403. The smallest absolute Gasteiger partial charge is 0.310 e. The van der Waals surface area contributed by atoms with Crippen LogP contribution < -0.4 is 10.5 Å². The number of fused-ring (bicyclic) bond motifs is 1. The van der Waals surface area contributed by atoms with Gasteiger partial charge in [0, 0.05) is 13.1 Å². The number of methoxy groups -OCH3 is 1. The normalized spacial score (nSPS) is 18.4. The van der Waals surface area contributed by atoms with E-state index in [-0.39, 0.29) is 11.9 Å². The van der Waals surface area contributed by atoms with Crippen LogP contribution in [0.1, 0.15) is 18.9 Å². The van der Waals surface area contributed by atoms with Gasteiger partial charge in [-0.05, 0) is 37.6 Å². The number of anilines is 1. The number of aromatic nitrogens is 1. The molecule has 3 rings (SSSR count). The van der Waals surface area contributed by atoms with E-state index in [0.29, 0.717) is 42.2 Å². The lowest BCUT2D eigenvalue weighted by molar-refractivity contribution is -0.147. The summed E-state index contributed by atoms with van der Waals surface area (Å²) in [5, 5.41) is 4.48. The van der Waals surface area contributed by atoms with Crippen molar-refractivity contribution in [2.75, 3.05) is 32.5 Å². The van der Waals surface area contributed by atoms with Gasteiger partial charge >= 0.3 is 5.97 Å². The molecule has 23 heavy (non-hydrogen) atoms. The number of ether oxygens (including phenoxy) is 2. The van der Waals surface area contributed by atoms with E-state index in [1.165, 1.54) is 0 Å². The summed E-state index contributed by atoms with van der Waals surface area (Å²) in [4.78, 5) is 14.0. The van der Waals surface area contributed by atoms with E-state index in [1.54, 1.807) is 7.11 Å². The molecule has 2 N–H and O–H groups in total. The molecule has 2 heterocycles. The molecule has 0 saturated carbocycles. The van der Waals surface area contributed by atoms with Gasteiger partial charge in [-0.2, -0.15) is 0 Å². The summed E-state index contributed by atoms with van der Waals surface area (Å²) in [6.07, 6.45) is 0.827. The number of benzene rings is 1. The largest absolute Gasteiger partial charge is 0.496 e. The maximum atomic E-state index is 11.8. The number of nitrogen functional groups attached to an aromatic ring is 1. The van der Waals surface area contributed by atoms with Crippen molar-refractivity contribution >= 4 is 22.8 Å². The number of hydrogen-bond acceptors (Lipinski definition) is 7. The van der Waals surface area contributed by atoms with Gasteiger partial charge in [0.05, 0.1) is 19.6 Å². The lowest BCUT2D eigenvalue weighted by atomic mass is 10.1. The molecule has 2 aromatic rings. The predicted molar refractivity (Wildman–Crippen MR) is 85.0 cm³/mol. The number of likely N-dealkylation sites (tertiary alicyclic amines) is 1. The van der Waals surface area contributed by atoms with E-state index < -0.39 is 0 Å². The predicted octanol–water partition coefficient (Wildman–Crippen LogP) is 1.80. The first-order valence-electron chi connectivity index (χ1n) is 7.73. The number of rotatable bonds is 5. The van der Waals surface area contributed by atoms with Crippen molar-refractivity contribution in [2.45, 2.75) is 19.9 Å². The Kier molecular flexibility index (Phi) is 4.38. The second kappa shape index (κ2) is 6.45. The van der Waals surface area contributed by atoms with Crippen LogP contribution in [0.25, 0.3) is 11.0 Å². The van der Waals surface area contributed by atoms with E-state index >= 15 is 0 Å². The molecule has 0 radical (unpaired) electrons. The van der Waals surface area contributed by atoms with E-state index in [4.69, 9.17) is 19.7 Å². The topological polar surface area (TPSA) is 90.8 Å². The van der Waals surface area contributed by atoms with Gasteiger partial charge in [0.25, 0.3) is 0 Å². The highest BCUT2D eigenvalue weighted by Crippen LogP contribution is 2.32. The molecule has 1 aromatic heterocycles. The van der Waals surface area contributed by atoms with Crippen molar-refractivity contribution in [3.05, 3.63) is 17.7 Å². The zero-order valence-electron chi connectivity index (χ0n) is 13.4. The Balaban J connectivity index is 1.74. The van der Waals surface area contributed by atoms with Gasteiger partial charge in [0.15, 0.2) is 11.4 Å². The standard InChI is InChI=1S/C16H21N3O4/c1-3-22-16(20)11-4-5-19(9-11)8-10-6-12(21-2)14-13(7-10)23-18-15(14)17/h6-7,11H,3-5,8-9H2,1-2H3,(H2,17,18). The van der Waals surface area contributed by atoms with Crippen LogP contribution >= 0.6 is 0 Å². The Morgan fingerprint density at radius 2 is 2.35 bits per heavy atom. The minimum atomic E-state index is -0.106. The Morgan fingerprint density at radius 3 is 3.09 bits per heavy atom. The molecule has 1 saturated heterocycles. The summed E-state index contributed by atoms with van der Waals surface area (Å²) in [7, 11) is 1.59. The average molecular weight is 319 g/mol. The molecule has 0 bridgehead atoms. The first-order chi connectivity index (χ1) is 11.1. The summed E-state index contributed by atoms with van der Waals surface area (Å²) >= 11 is 0. The van der Waals surface area contributed by atoms with Gasteiger partial charge in [-0.1, -0.05) is 5.16 Å². The van der Waals surface area contributed by atoms with Crippen LogP contribution in [-0.2, 0) is 16.1 Å². The number of carbonyl (C=O) groups excluding carboxylic acids is 1. The fourth-order valence-corrected chi connectivity index (χ4v) is 3.05. The van der Waals surface area contributed by atoms with Crippen LogP contribution in [0.2, 0.25) is 0 Å². The monoisotopic (exact) mass is 319 g/mol. The third-order valence-electron chi connectivity index (χ3n) is 4.14. The van der Waals surface area contributed by atoms with Gasteiger partial charge in [0.1, 0.15) is 11.1 Å². The SMILES string of the molecule is CCOC(=O)C1CCN(Cc2cc(OC)c3c(N)noc3c2)C1. The van der Waals surface area contributed by atoms with E-state index in [0.717, 1.165) is 18.5 Å². The summed E-state index contributed by atoms with van der Waals surface area (Å²) in [5.41, 5.74) is 7.45. The Morgan fingerprint density at radius 1 is 1.52 bits per heavy atom. The van der Waals surface area contributed by atoms with Crippen molar-refractivity contribution in [3.8, 4) is 5.75 Å². The fraction of sp³-hybridized carbons (Fsp3) is 0.500. The zero-order chi connectivity index (χ0) is 16.4. The maximum absolute atomic E-state index is 11.8. The van der Waals surface area contributed by atoms with Gasteiger partial charge < -0.3 is 19.7 Å². The third-order valence-corrected chi connectivity index (χ3v) is 4.14. The van der Waals surface area contributed by atoms with E-state index in [9.17, 15) is 4.79 Å². The van der Waals surface area contributed by atoms with Crippen LogP contribution in [0.3, 0.4) is 0 Å². The fourth-order valence-electron chi connectivity index (χ4n) is 3.05. The first-order valence-corrected chi connectivity index (χ1v) is 7.73. The molecule has 1 atom stereocenters. The summed E-state index contributed by atoms with van der Waals surface area (Å²) in [6.45, 7) is 4.54. The van der Waals surface area contributed by atoms with Crippen molar-refractivity contribution in [3.63, 3.8) is 0 Å². The summed E-state index contributed by atoms with van der Waals surface area (Å²) in [6, 6.07) is 3.85. The lowest BCUT2D eigenvalue weighted by Gasteiger charge is -2.16. The Labute approximate surface area is 134 Å². The van der Waals surface area contributed by atoms with Crippen LogP contribution in [0.15, 0.2) is 16.7 Å². The third kappa shape index (κ3) is 3.10. The molecule has 1 aliphatic heterocycles. The van der Waals surface area contributed by atoms with E-state index in [2.05, 4.69) is 10.1 Å². The maximum Gasteiger partial charge on any atom is 0.310 e. The van der Waals surface area contributed by atoms with Crippen LogP contribution in [0, 0.1) is 5.92 Å². The molecule has 7 nitrogen and oxygen atoms in total. The van der Waals surface area contributed by atoms with Crippen LogP contribution in [0.4, 0.5) is 5.82 Å². The van der Waals surface area contributed by atoms with Gasteiger partial charge in [-0.25, -0.2) is 0 Å². The number of hydrogen-bond donors (Lipinski definition) is 1. The first kappa shape index (κ1) is 15.6. The number of esters is 1. The Bertz CT molecular complexity index is 713. The molecule has 0 aliphatic carbocycles. The molecular weight excluding hydrogens is 298 g/mol. The second-order valence-corrected chi connectivity index (χ2v) is 5.71. The molecule has 7 heteroatoms. The van der Waals surface area contributed by atoms with Gasteiger partial charge in [-0.3, -0.25) is 9.69 Å². The molecule has 1 fully saturated rings. The van der Waals surface area contributed by atoms with Crippen molar-refractivity contribution in [1.29, 1.82) is 0 Å². The lowest BCUT2D eigenvalue weighted by Crippen LogP contribution is -2.24. The van der Waals surface area contributed by atoms with Crippen molar-refractivity contribution in [1.82, 2.24) is 10.1 Å². The molecular formula is C16H21N3O4. The summed E-state index contributed by atoms with van der Waals surface area (Å²) in [5.74, 6) is 0.830. The molecule has 0 spiro atoms. The quantitative estimate of drug-likeness (QED) is 0.840. The molecule has 1 unspecified atom stereocenters. The number of nitrogens with two attached hydrogens (primary N) is 1. The number of nitrogens with zero attached hydrogens (tertiary/aromatic N) is 2. The minimum Gasteiger partial charge on any atom is -0.496 e. The second-order valence-electron chi connectivity index (χ2n) is 5.71. The van der Waals surface area contributed by atoms with E-state index in [1.807, 2.05) is 19.1 Å². The molecule has 0 amide bonds. The van der Waals surface area contributed by atoms with Crippen LogP contribution in [0.5, 0.6) is 5.75 Å². The molecule has 1 aromatic carbocycles. The van der Waals surface area contributed by atoms with Crippen molar-refractivity contribution < 1.29 is 18.8 Å². The highest BCUT2D eigenvalue weighted by atomic mass is 16.5. The van der Waals surface area contributed by atoms with Crippen LogP contribution in [-0.4, -0.2) is 42.8 Å². The van der Waals surface area contributed by atoms with Crippen molar-refractivity contribution in [2.24, 2.45) is 5.92 Å². The Hall–Kier alpha value is -2.28. The molecule has 124 valence electrons. The highest BCUT2D eigenvalue weighted by molar-refractivity contribution is 5.93. The number of carbonyl (C=O) groups is 1. The van der Waals surface area contributed by atoms with Gasteiger partial charge in [0.2, 0.25) is 0 Å². The molecule has 1 aliphatic rings. The highest BCUT2D eigenvalue weighted by Gasteiger charge is 2.29.